The number of hydrogen-bond donors (Lipinski definition) is 1. The fourth-order valence-electron chi connectivity index (χ4n) is 1.08. The van der Waals surface area contributed by atoms with Gasteiger partial charge < -0.3 is 10.1 Å². The average Bonchev–Trinajstić information content (AvgIpc) is 1.66. The van der Waals surface area contributed by atoms with Crippen molar-refractivity contribution in [3.63, 3.8) is 0 Å². The molecular formula is C6H14ClNO. The summed E-state index contributed by atoms with van der Waals surface area (Å²) in [5.74, 6) is 0. The largest absolute Gasteiger partial charge is 0.380 e. The van der Waals surface area contributed by atoms with Gasteiger partial charge in [0, 0.05) is 13.2 Å². The molecule has 1 saturated carbocycles. The third-order valence-corrected chi connectivity index (χ3v) is 1.88. The van der Waals surface area contributed by atoms with Crippen LogP contribution in [0, 0.1) is 0 Å². The predicted molar refractivity (Wildman–Crippen MR) is 40.1 cm³/mol. The smallest absolute Gasteiger partial charge is 0.0724 e. The number of nitrogens with one attached hydrogen (secondary N) is 1. The van der Waals surface area contributed by atoms with E-state index in [1.54, 1.807) is 7.11 Å². The molecule has 0 amide bonds. The molecule has 0 aromatic heterocycles. The molecule has 1 N–H and O–H groups in total. The van der Waals surface area contributed by atoms with Crippen molar-refractivity contribution in [2.75, 3.05) is 14.2 Å². The summed E-state index contributed by atoms with van der Waals surface area (Å²) in [5.41, 5.74) is 0. The maximum absolute atomic E-state index is 5.13. The average molecular weight is 152 g/mol. The predicted octanol–water partition coefficient (Wildman–Crippen LogP) is 0.805. The van der Waals surface area contributed by atoms with Gasteiger partial charge in [-0.15, -0.1) is 12.4 Å². The van der Waals surface area contributed by atoms with Crippen molar-refractivity contribution in [1.29, 1.82) is 0 Å². The Kier molecular flexibility index (Phi) is 4.19. The minimum absolute atomic E-state index is 0. The summed E-state index contributed by atoms with van der Waals surface area (Å²) in [6.45, 7) is 0. The number of ether oxygens (including phenoxy) is 1. The van der Waals surface area contributed by atoms with Gasteiger partial charge in [0.15, 0.2) is 0 Å². The van der Waals surface area contributed by atoms with E-state index in [0.29, 0.717) is 12.1 Å². The second-order valence-corrected chi connectivity index (χ2v) is 2.25. The zero-order valence-corrected chi connectivity index (χ0v) is 6.70. The highest BCUT2D eigenvalue weighted by atomic mass is 35.5. The number of hydrogen-bond acceptors (Lipinski definition) is 2. The molecule has 0 radical (unpaired) electrons. The van der Waals surface area contributed by atoms with Gasteiger partial charge >= 0.3 is 0 Å². The minimum Gasteiger partial charge on any atom is -0.380 e. The Morgan fingerprint density at radius 2 is 2.11 bits per heavy atom. The fourth-order valence-corrected chi connectivity index (χ4v) is 1.08. The lowest BCUT2D eigenvalue weighted by Crippen LogP contribution is -2.47. The fraction of sp³-hybridized carbons (Fsp3) is 1.00. The number of methoxy groups -OCH3 is 1. The maximum atomic E-state index is 5.13. The van der Waals surface area contributed by atoms with Crippen molar-refractivity contribution >= 4 is 12.4 Å². The molecule has 1 aliphatic rings. The number of likely N-dealkylation sites (N-methyl/N-ethyl adjacent to an activating group) is 1. The van der Waals surface area contributed by atoms with Crippen LogP contribution in [0.4, 0.5) is 0 Å². The van der Waals surface area contributed by atoms with Crippen molar-refractivity contribution in [3.05, 3.63) is 0 Å². The Labute approximate surface area is 62.4 Å². The zero-order chi connectivity index (χ0) is 5.98. The lowest BCUT2D eigenvalue weighted by atomic mass is 9.89. The summed E-state index contributed by atoms with van der Waals surface area (Å²) in [6.07, 6.45) is 2.98. The molecule has 0 unspecified atom stereocenters. The first-order valence-electron chi connectivity index (χ1n) is 3.08. The Morgan fingerprint density at radius 1 is 1.44 bits per heavy atom. The first-order chi connectivity index (χ1) is 3.88. The Bertz CT molecular complexity index is 65.5. The van der Waals surface area contributed by atoms with Gasteiger partial charge in [-0.05, 0) is 19.9 Å². The maximum Gasteiger partial charge on any atom is 0.0724 e. The molecule has 0 spiro atoms. The normalized spacial score (nSPS) is 32.7. The highest BCUT2D eigenvalue weighted by molar-refractivity contribution is 5.85. The quantitative estimate of drug-likeness (QED) is 0.631. The molecule has 0 saturated heterocycles. The van der Waals surface area contributed by atoms with E-state index in [4.69, 9.17) is 4.74 Å². The molecule has 9 heavy (non-hydrogen) atoms. The Morgan fingerprint density at radius 3 is 2.22 bits per heavy atom. The molecule has 56 valence electrons. The molecule has 2 nitrogen and oxygen atoms in total. The van der Waals surface area contributed by atoms with Gasteiger partial charge in [-0.1, -0.05) is 0 Å². The van der Waals surface area contributed by atoms with Crippen LogP contribution in [0.5, 0.6) is 0 Å². The first-order valence-corrected chi connectivity index (χ1v) is 3.08. The third kappa shape index (κ3) is 1.81. The molecule has 3 heteroatoms. The van der Waals surface area contributed by atoms with Crippen LogP contribution >= 0.6 is 12.4 Å². The topological polar surface area (TPSA) is 21.3 Å². The van der Waals surface area contributed by atoms with Crippen molar-refractivity contribution in [1.82, 2.24) is 5.32 Å². The Hall–Kier alpha value is 0.210. The van der Waals surface area contributed by atoms with Gasteiger partial charge in [0.25, 0.3) is 0 Å². The molecule has 1 fully saturated rings. The van der Waals surface area contributed by atoms with E-state index in [1.807, 2.05) is 7.05 Å². The summed E-state index contributed by atoms with van der Waals surface area (Å²) in [7, 11) is 3.75. The third-order valence-electron chi connectivity index (χ3n) is 1.88. The summed E-state index contributed by atoms with van der Waals surface area (Å²) >= 11 is 0. The summed E-state index contributed by atoms with van der Waals surface area (Å²) < 4.78 is 5.13. The van der Waals surface area contributed by atoms with Crippen LogP contribution in [0.2, 0.25) is 0 Å². The van der Waals surface area contributed by atoms with Crippen molar-refractivity contribution in [3.8, 4) is 0 Å². The molecule has 0 aromatic rings. The zero-order valence-electron chi connectivity index (χ0n) is 5.89. The highest BCUT2D eigenvalue weighted by Crippen LogP contribution is 2.21. The van der Waals surface area contributed by atoms with Gasteiger partial charge in [0.2, 0.25) is 0 Å². The van der Waals surface area contributed by atoms with E-state index in [9.17, 15) is 0 Å². The van der Waals surface area contributed by atoms with E-state index >= 15 is 0 Å². The van der Waals surface area contributed by atoms with Crippen LogP contribution in [-0.2, 0) is 4.74 Å². The summed E-state index contributed by atoms with van der Waals surface area (Å²) in [5, 5.41) is 3.18. The monoisotopic (exact) mass is 151 g/mol. The van der Waals surface area contributed by atoms with E-state index in [0.717, 1.165) is 0 Å². The van der Waals surface area contributed by atoms with Crippen LogP contribution in [0.1, 0.15) is 12.8 Å². The van der Waals surface area contributed by atoms with Gasteiger partial charge in [-0.3, -0.25) is 0 Å². The summed E-state index contributed by atoms with van der Waals surface area (Å²) in [6, 6.07) is 0.625. The standard InChI is InChI=1S/C6H13NO.ClH/c1-7-5-3-4-6(5)8-2;/h5-7H,3-4H2,1-2H3;1H/t5-,6-;/m0./s1. The lowest BCUT2D eigenvalue weighted by Gasteiger charge is -2.34. The van der Waals surface area contributed by atoms with Crippen LogP contribution in [0.15, 0.2) is 0 Å². The molecule has 0 bridgehead atoms. The van der Waals surface area contributed by atoms with Gasteiger partial charge in [0.1, 0.15) is 0 Å². The molecular weight excluding hydrogens is 138 g/mol. The van der Waals surface area contributed by atoms with Crippen molar-refractivity contribution < 1.29 is 4.74 Å². The molecule has 0 aromatic carbocycles. The van der Waals surface area contributed by atoms with Gasteiger partial charge in [0.05, 0.1) is 6.10 Å². The van der Waals surface area contributed by atoms with Gasteiger partial charge in [-0.2, -0.15) is 0 Å². The Balaban J connectivity index is 0.000000640. The highest BCUT2D eigenvalue weighted by Gasteiger charge is 2.28. The number of halogens is 1. The second-order valence-electron chi connectivity index (χ2n) is 2.25. The summed E-state index contributed by atoms with van der Waals surface area (Å²) in [4.78, 5) is 0. The molecule has 0 aliphatic heterocycles. The molecule has 1 aliphatic carbocycles. The van der Waals surface area contributed by atoms with Crippen LogP contribution in [-0.4, -0.2) is 26.3 Å². The van der Waals surface area contributed by atoms with E-state index in [1.165, 1.54) is 12.8 Å². The van der Waals surface area contributed by atoms with Crippen molar-refractivity contribution in [2.24, 2.45) is 0 Å². The lowest BCUT2D eigenvalue weighted by molar-refractivity contribution is 0.00957. The van der Waals surface area contributed by atoms with Crippen LogP contribution < -0.4 is 5.32 Å². The molecule has 2 atom stereocenters. The van der Waals surface area contributed by atoms with Gasteiger partial charge in [-0.25, -0.2) is 0 Å². The SMILES string of the molecule is CN[C@H]1CC[C@@H]1OC.Cl. The molecule has 0 heterocycles. The van der Waals surface area contributed by atoms with Crippen LogP contribution in [0.3, 0.4) is 0 Å². The first kappa shape index (κ1) is 9.21. The number of rotatable bonds is 2. The van der Waals surface area contributed by atoms with Crippen molar-refractivity contribution in [2.45, 2.75) is 25.0 Å². The van der Waals surface area contributed by atoms with E-state index < -0.39 is 0 Å². The second kappa shape index (κ2) is 4.09. The molecule has 1 rings (SSSR count). The minimum atomic E-state index is 0. The van der Waals surface area contributed by atoms with E-state index in [-0.39, 0.29) is 12.4 Å². The van der Waals surface area contributed by atoms with Crippen LogP contribution in [0.25, 0.3) is 0 Å². The van der Waals surface area contributed by atoms with E-state index in [2.05, 4.69) is 5.32 Å².